The minimum atomic E-state index is 0.625. The second-order valence-corrected chi connectivity index (χ2v) is 5.41. The predicted molar refractivity (Wildman–Crippen MR) is 81.1 cm³/mol. The highest BCUT2D eigenvalue weighted by Gasteiger charge is 2.11. The number of aryl methyl sites for hydroxylation is 1. The molecule has 2 aromatic heterocycles. The van der Waals surface area contributed by atoms with Gasteiger partial charge in [-0.2, -0.15) is 10.1 Å². The lowest BCUT2D eigenvalue weighted by Crippen LogP contribution is -2.03. The maximum atomic E-state index is 4.58. The quantitative estimate of drug-likeness (QED) is 0.720. The Balaban J connectivity index is 2.05. The van der Waals surface area contributed by atoms with Gasteiger partial charge in [-0.1, -0.05) is 30.0 Å². The van der Waals surface area contributed by atoms with Crippen LogP contribution in [0.5, 0.6) is 0 Å². The van der Waals surface area contributed by atoms with E-state index in [1.807, 2.05) is 19.1 Å². The fourth-order valence-electron chi connectivity index (χ4n) is 1.90. The lowest BCUT2D eigenvalue weighted by Gasteiger charge is -2.07. The minimum Gasteiger partial charge on any atom is -0.354 e. The molecule has 6 heteroatoms. The van der Waals surface area contributed by atoms with Crippen molar-refractivity contribution in [3.8, 4) is 0 Å². The molecule has 5 nitrogen and oxygen atoms in total. The van der Waals surface area contributed by atoms with E-state index in [9.17, 15) is 0 Å². The molecule has 3 rings (SSSR count). The van der Waals surface area contributed by atoms with Crippen LogP contribution in [0.3, 0.4) is 0 Å². The first-order valence-electron chi connectivity index (χ1n) is 6.46. The topological polar surface area (TPSA) is 66.5 Å². The number of hydrogen-bond acceptors (Lipinski definition) is 5. The van der Waals surface area contributed by atoms with Crippen LogP contribution in [0.25, 0.3) is 11.0 Å². The number of anilines is 1. The van der Waals surface area contributed by atoms with Gasteiger partial charge in [0.2, 0.25) is 5.95 Å². The number of aromatic amines is 1. The molecule has 0 spiro atoms. The van der Waals surface area contributed by atoms with Gasteiger partial charge in [-0.25, -0.2) is 4.98 Å². The van der Waals surface area contributed by atoms with E-state index in [1.165, 1.54) is 10.5 Å². The van der Waals surface area contributed by atoms with Crippen LogP contribution < -0.4 is 5.32 Å². The molecule has 0 saturated heterocycles. The van der Waals surface area contributed by atoms with Gasteiger partial charge < -0.3 is 5.32 Å². The van der Waals surface area contributed by atoms with E-state index in [2.05, 4.69) is 44.5 Å². The highest BCUT2D eigenvalue weighted by molar-refractivity contribution is 7.99. The monoisotopic (exact) mass is 285 g/mol. The molecule has 0 atom stereocenters. The molecule has 2 N–H and O–H groups in total. The molecule has 3 aromatic rings. The van der Waals surface area contributed by atoms with Crippen molar-refractivity contribution >= 4 is 28.7 Å². The zero-order chi connectivity index (χ0) is 13.9. The third kappa shape index (κ3) is 2.46. The molecule has 0 radical (unpaired) electrons. The third-order valence-electron chi connectivity index (χ3n) is 2.91. The van der Waals surface area contributed by atoms with Crippen LogP contribution in [-0.2, 0) is 0 Å². The largest absolute Gasteiger partial charge is 0.354 e. The van der Waals surface area contributed by atoms with Gasteiger partial charge in [0.25, 0.3) is 0 Å². The molecule has 0 saturated carbocycles. The summed E-state index contributed by atoms with van der Waals surface area (Å²) >= 11 is 1.64. The number of hydrogen-bond donors (Lipinski definition) is 2. The Bertz CT molecular complexity index is 737. The zero-order valence-corrected chi connectivity index (χ0v) is 12.2. The average Bonchev–Trinajstić information content (AvgIpc) is 2.90. The molecule has 0 amide bonds. The predicted octanol–water partition coefficient (Wildman–Crippen LogP) is 3.24. The number of benzene rings is 1. The number of nitrogens with zero attached hydrogens (tertiary/aromatic N) is 3. The Morgan fingerprint density at radius 2 is 2.10 bits per heavy atom. The number of aromatic nitrogens is 4. The maximum absolute atomic E-state index is 4.58. The summed E-state index contributed by atoms with van der Waals surface area (Å²) in [7, 11) is 0. The van der Waals surface area contributed by atoms with Crippen LogP contribution >= 0.6 is 11.8 Å². The van der Waals surface area contributed by atoms with Gasteiger partial charge in [0.15, 0.2) is 5.65 Å². The summed E-state index contributed by atoms with van der Waals surface area (Å²) in [6, 6.07) is 8.27. The minimum absolute atomic E-state index is 0.625. The first kappa shape index (κ1) is 12.9. The van der Waals surface area contributed by atoms with E-state index in [0.29, 0.717) is 5.95 Å². The normalized spacial score (nSPS) is 10.9. The van der Waals surface area contributed by atoms with Crippen molar-refractivity contribution < 1.29 is 0 Å². The first-order chi connectivity index (χ1) is 9.78. The van der Waals surface area contributed by atoms with Crippen LogP contribution in [0.2, 0.25) is 0 Å². The van der Waals surface area contributed by atoms with E-state index in [0.717, 1.165) is 22.6 Å². The van der Waals surface area contributed by atoms with Crippen molar-refractivity contribution in [1.29, 1.82) is 0 Å². The van der Waals surface area contributed by atoms with Crippen molar-refractivity contribution in [3.05, 3.63) is 36.0 Å². The van der Waals surface area contributed by atoms with E-state index >= 15 is 0 Å². The lowest BCUT2D eigenvalue weighted by molar-refractivity contribution is 1.03. The second kappa shape index (κ2) is 5.50. The van der Waals surface area contributed by atoms with Crippen LogP contribution in [0.1, 0.15) is 12.5 Å². The fraction of sp³-hybridized carbons (Fsp3) is 0.214. The van der Waals surface area contributed by atoms with Gasteiger partial charge >= 0.3 is 0 Å². The molecular formula is C14H15N5S. The molecule has 0 fully saturated rings. The number of fused-ring (bicyclic) bond motifs is 1. The second-order valence-electron chi connectivity index (χ2n) is 4.38. The van der Waals surface area contributed by atoms with Crippen LogP contribution in [-0.4, -0.2) is 26.7 Å². The Hall–Kier alpha value is -2.08. The summed E-state index contributed by atoms with van der Waals surface area (Å²) < 4.78 is 0. The Labute approximate surface area is 121 Å². The molecule has 2 heterocycles. The van der Waals surface area contributed by atoms with Crippen LogP contribution in [0, 0.1) is 6.92 Å². The summed E-state index contributed by atoms with van der Waals surface area (Å²) in [6.45, 7) is 4.91. The average molecular weight is 285 g/mol. The smallest absolute Gasteiger partial charge is 0.225 e. The number of nitrogens with one attached hydrogen (secondary N) is 2. The third-order valence-corrected chi connectivity index (χ3v) is 4.09. The highest BCUT2D eigenvalue weighted by Crippen LogP contribution is 2.33. The molecule has 1 aromatic carbocycles. The van der Waals surface area contributed by atoms with Gasteiger partial charge in [-0.15, -0.1) is 0 Å². The fourth-order valence-corrected chi connectivity index (χ4v) is 2.87. The molecule has 0 bridgehead atoms. The molecule has 0 aliphatic carbocycles. The summed E-state index contributed by atoms with van der Waals surface area (Å²) in [5.74, 6) is 0.625. The van der Waals surface area contributed by atoms with Gasteiger partial charge in [0.05, 0.1) is 11.6 Å². The first-order valence-corrected chi connectivity index (χ1v) is 7.28. The van der Waals surface area contributed by atoms with Crippen LogP contribution in [0.4, 0.5) is 5.95 Å². The Kier molecular flexibility index (Phi) is 3.56. The summed E-state index contributed by atoms with van der Waals surface area (Å²) in [4.78, 5) is 10.2. The van der Waals surface area contributed by atoms with Crippen molar-refractivity contribution in [2.75, 3.05) is 11.9 Å². The highest BCUT2D eigenvalue weighted by atomic mass is 32.2. The Morgan fingerprint density at radius 3 is 2.90 bits per heavy atom. The van der Waals surface area contributed by atoms with E-state index in [4.69, 9.17) is 0 Å². The van der Waals surface area contributed by atoms with Gasteiger partial charge in [-0.3, -0.25) is 5.10 Å². The summed E-state index contributed by atoms with van der Waals surface area (Å²) in [5.41, 5.74) is 1.99. The summed E-state index contributed by atoms with van der Waals surface area (Å²) in [5, 5.41) is 12.0. The molecular weight excluding hydrogens is 270 g/mol. The van der Waals surface area contributed by atoms with E-state index in [-0.39, 0.29) is 0 Å². The van der Waals surface area contributed by atoms with Gasteiger partial charge in [-0.05, 0) is 25.5 Å². The summed E-state index contributed by atoms with van der Waals surface area (Å²) in [6.07, 6.45) is 1.77. The van der Waals surface area contributed by atoms with Crippen LogP contribution in [0.15, 0.2) is 40.4 Å². The van der Waals surface area contributed by atoms with Gasteiger partial charge in [0.1, 0.15) is 5.03 Å². The number of H-pyrrole nitrogens is 1. The molecule has 0 aliphatic rings. The van der Waals surface area contributed by atoms with E-state index in [1.54, 1.807) is 18.0 Å². The maximum Gasteiger partial charge on any atom is 0.225 e. The lowest BCUT2D eigenvalue weighted by atomic mass is 10.2. The SMILES string of the molecule is CCNc1nc(Sc2ccccc2C)c2cn[nH]c2n1. The van der Waals surface area contributed by atoms with E-state index < -0.39 is 0 Å². The zero-order valence-electron chi connectivity index (χ0n) is 11.3. The standard InChI is InChI=1S/C14H15N5S/c1-3-15-14-17-12-10(8-16-19-12)13(18-14)20-11-7-5-4-6-9(11)2/h4-8H,3H2,1-2H3,(H2,15,16,17,18,19). The number of rotatable bonds is 4. The molecule has 0 aliphatic heterocycles. The van der Waals surface area contributed by atoms with Crippen molar-refractivity contribution in [1.82, 2.24) is 20.2 Å². The Morgan fingerprint density at radius 1 is 1.25 bits per heavy atom. The molecule has 0 unspecified atom stereocenters. The van der Waals surface area contributed by atoms with Crippen molar-refractivity contribution in [3.63, 3.8) is 0 Å². The van der Waals surface area contributed by atoms with Crippen molar-refractivity contribution in [2.24, 2.45) is 0 Å². The van der Waals surface area contributed by atoms with Gasteiger partial charge in [0, 0.05) is 11.4 Å². The van der Waals surface area contributed by atoms with Crippen molar-refractivity contribution in [2.45, 2.75) is 23.8 Å². The molecule has 102 valence electrons. The molecule has 20 heavy (non-hydrogen) atoms.